The second-order valence-electron chi connectivity index (χ2n) is 3.02. The Morgan fingerprint density at radius 1 is 1.21 bits per heavy atom. The minimum absolute atomic E-state index is 0.0113. The van der Waals surface area contributed by atoms with Crippen LogP contribution in [0.5, 0.6) is 0 Å². The molecule has 0 atom stereocenters. The molecule has 0 aliphatic heterocycles. The molecule has 0 saturated heterocycles. The number of carbonyl (C=O) groups excluding carboxylic acids is 1. The quantitative estimate of drug-likeness (QED) is 0.663. The second-order valence-corrected chi connectivity index (χ2v) is 3.02. The third-order valence-corrected chi connectivity index (χ3v) is 2.16. The summed E-state index contributed by atoms with van der Waals surface area (Å²) in [7, 11) is 0. The summed E-state index contributed by atoms with van der Waals surface area (Å²) >= 11 is 0. The first-order valence-corrected chi connectivity index (χ1v) is 4.35. The second kappa shape index (κ2) is 3.46. The average Bonchev–Trinajstić information content (AvgIpc) is 2.23. The van der Waals surface area contributed by atoms with Crippen LogP contribution in [-0.2, 0) is 11.3 Å². The van der Waals surface area contributed by atoms with Crippen LogP contribution in [0.4, 0.5) is 0 Å². The highest BCUT2D eigenvalue weighted by Crippen LogP contribution is 2.08. The maximum absolute atomic E-state index is 11.4. The number of para-hydroxylation sites is 1. The molecule has 1 aromatic heterocycles. The summed E-state index contributed by atoms with van der Waals surface area (Å²) in [6.07, 6.45) is 2.45. The smallest absolute Gasteiger partial charge is 0.189 e. The Morgan fingerprint density at radius 3 is 2.79 bits per heavy atom. The van der Waals surface area contributed by atoms with Crippen molar-refractivity contribution in [2.45, 2.75) is 6.54 Å². The molecule has 0 saturated carbocycles. The van der Waals surface area contributed by atoms with Gasteiger partial charge in [-0.2, -0.15) is 0 Å². The van der Waals surface area contributed by atoms with Crippen LogP contribution >= 0.6 is 0 Å². The summed E-state index contributed by atoms with van der Waals surface area (Å²) in [6, 6.07) is 8.74. The maximum atomic E-state index is 11.4. The number of aldehydes is 1. The number of hydrogen-bond donors (Lipinski definition) is 0. The first kappa shape index (κ1) is 8.69. The molecule has 1 heterocycles. The molecule has 3 heteroatoms. The molecule has 0 bridgehead atoms. The fourth-order valence-corrected chi connectivity index (χ4v) is 1.50. The predicted octanol–water partition coefficient (Wildman–Crippen LogP) is 1.20. The lowest BCUT2D eigenvalue weighted by molar-refractivity contribution is -0.108. The molecule has 70 valence electrons. The molecule has 0 fully saturated rings. The Labute approximate surface area is 80.6 Å². The minimum atomic E-state index is -0.0113. The molecule has 0 aliphatic carbocycles. The molecule has 3 nitrogen and oxygen atoms in total. The number of benzene rings is 1. The maximum Gasteiger partial charge on any atom is 0.189 e. The van der Waals surface area contributed by atoms with Gasteiger partial charge in [0.1, 0.15) is 6.29 Å². The van der Waals surface area contributed by atoms with Gasteiger partial charge in [-0.05, 0) is 12.1 Å². The highest BCUT2D eigenvalue weighted by atomic mass is 16.1. The van der Waals surface area contributed by atoms with E-state index in [0.717, 1.165) is 11.8 Å². The van der Waals surface area contributed by atoms with Crippen LogP contribution in [0.2, 0.25) is 0 Å². The van der Waals surface area contributed by atoms with Gasteiger partial charge < -0.3 is 9.36 Å². The van der Waals surface area contributed by atoms with E-state index in [4.69, 9.17) is 0 Å². The lowest BCUT2D eigenvalue weighted by Crippen LogP contribution is -2.08. The van der Waals surface area contributed by atoms with Crippen molar-refractivity contribution in [3.8, 4) is 0 Å². The molecule has 0 spiro atoms. The van der Waals surface area contributed by atoms with Crippen molar-refractivity contribution in [1.29, 1.82) is 0 Å². The van der Waals surface area contributed by atoms with E-state index in [1.807, 2.05) is 18.2 Å². The zero-order chi connectivity index (χ0) is 9.97. The van der Waals surface area contributed by atoms with Gasteiger partial charge in [-0.3, -0.25) is 4.79 Å². The van der Waals surface area contributed by atoms with Gasteiger partial charge in [0.25, 0.3) is 0 Å². The Morgan fingerprint density at radius 2 is 2.00 bits per heavy atom. The lowest BCUT2D eigenvalue weighted by Gasteiger charge is -2.05. The van der Waals surface area contributed by atoms with Crippen molar-refractivity contribution in [2.24, 2.45) is 0 Å². The predicted molar refractivity (Wildman–Crippen MR) is 54.3 cm³/mol. The van der Waals surface area contributed by atoms with E-state index in [2.05, 4.69) is 0 Å². The summed E-state index contributed by atoms with van der Waals surface area (Å²) in [5, 5.41) is 0.650. The van der Waals surface area contributed by atoms with Gasteiger partial charge in [0, 0.05) is 17.6 Å². The molecule has 14 heavy (non-hydrogen) atoms. The lowest BCUT2D eigenvalue weighted by atomic mass is 10.2. The summed E-state index contributed by atoms with van der Waals surface area (Å²) in [5.74, 6) is 0. The third kappa shape index (κ3) is 1.33. The van der Waals surface area contributed by atoms with Crippen LogP contribution in [0.15, 0.2) is 41.3 Å². The van der Waals surface area contributed by atoms with E-state index in [1.54, 1.807) is 16.8 Å². The van der Waals surface area contributed by atoms with Gasteiger partial charge in [-0.25, -0.2) is 0 Å². The van der Waals surface area contributed by atoms with Crippen LogP contribution in [-0.4, -0.2) is 10.9 Å². The Hall–Kier alpha value is -1.90. The minimum Gasteiger partial charge on any atom is -0.340 e. The number of pyridine rings is 1. The molecule has 0 N–H and O–H groups in total. The van der Waals surface area contributed by atoms with Crippen molar-refractivity contribution in [2.75, 3.05) is 0 Å². The first-order chi connectivity index (χ1) is 6.83. The Bertz CT molecular complexity index is 528. The van der Waals surface area contributed by atoms with Crippen molar-refractivity contribution in [3.63, 3.8) is 0 Å². The van der Waals surface area contributed by atoms with Gasteiger partial charge in [0.15, 0.2) is 5.43 Å². The molecule has 2 rings (SSSR count). The van der Waals surface area contributed by atoms with E-state index in [-0.39, 0.29) is 12.0 Å². The van der Waals surface area contributed by atoms with Gasteiger partial charge >= 0.3 is 0 Å². The van der Waals surface area contributed by atoms with Crippen LogP contribution < -0.4 is 5.43 Å². The topological polar surface area (TPSA) is 39.1 Å². The van der Waals surface area contributed by atoms with Crippen LogP contribution in [0.1, 0.15) is 0 Å². The van der Waals surface area contributed by atoms with Crippen LogP contribution in [0, 0.1) is 0 Å². The Kier molecular flexibility index (Phi) is 2.14. The van der Waals surface area contributed by atoms with Crippen molar-refractivity contribution < 1.29 is 4.79 Å². The van der Waals surface area contributed by atoms with E-state index in [9.17, 15) is 9.59 Å². The van der Waals surface area contributed by atoms with Gasteiger partial charge in [-0.1, -0.05) is 12.1 Å². The normalized spacial score (nSPS) is 10.3. The van der Waals surface area contributed by atoms with E-state index in [0.29, 0.717) is 5.39 Å². The molecule has 1 aromatic carbocycles. The summed E-state index contributed by atoms with van der Waals surface area (Å²) < 4.78 is 1.75. The third-order valence-electron chi connectivity index (χ3n) is 2.16. The number of fused-ring (bicyclic) bond motifs is 1. The standard InChI is InChI=1S/C11H9NO2/c13-8-7-12-6-5-11(14)9-3-1-2-4-10(9)12/h1-6,8H,7H2. The average molecular weight is 187 g/mol. The number of nitrogens with zero attached hydrogens (tertiary/aromatic N) is 1. The van der Waals surface area contributed by atoms with Crippen molar-refractivity contribution in [1.82, 2.24) is 4.57 Å². The molecular weight excluding hydrogens is 178 g/mol. The van der Waals surface area contributed by atoms with Crippen molar-refractivity contribution >= 4 is 17.2 Å². The van der Waals surface area contributed by atoms with Gasteiger partial charge in [0.05, 0.1) is 12.1 Å². The van der Waals surface area contributed by atoms with Crippen molar-refractivity contribution in [3.05, 3.63) is 46.8 Å². The molecule has 0 aliphatic rings. The monoisotopic (exact) mass is 187 g/mol. The highest BCUT2D eigenvalue weighted by molar-refractivity contribution is 5.79. The van der Waals surface area contributed by atoms with Crippen LogP contribution in [0.25, 0.3) is 10.9 Å². The largest absolute Gasteiger partial charge is 0.340 e. The fourth-order valence-electron chi connectivity index (χ4n) is 1.50. The van der Waals surface area contributed by atoms with Gasteiger partial charge in [-0.15, -0.1) is 0 Å². The summed E-state index contributed by atoms with van der Waals surface area (Å²) in [6.45, 7) is 0.279. The number of carbonyl (C=O) groups is 1. The van der Waals surface area contributed by atoms with E-state index >= 15 is 0 Å². The molecule has 0 radical (unpaired) electrons. The first-order valence-electron chi connectivity index (χ1n) is 4.35. The zero-order valence-corrected chi connectivity index (χ0v) is 7.51. The molecule has 0 unspecified atom stereocenters. The van der Waals surface area contributed by atoms with Crippen LogP contribution in [0.3, 0.4) is 0 Å². The number of rotatable bonds is 2. The molecular formula is C11H9NO2. The highest BCUT2D eigenvalue weighted by Gasteiger charge is 1.99. The molecule has 0 amide bonds. The molecule has 2 aromatic rings. The van der Waals surface area contributed by atoms with Gasteiger partial charge in [0.2, 0.25) is 0 Å². The number of aromatic nitrogens is 1. The zero-order valence-electron chi connectivity index (χ0n) is 7.51. The summed E-state index contributed by atoms with van der Waals surface area (Å²) in [4.78, 5) is 21.8. The fraction of sp³-hybridized carbons (Fsp3) is 0.0909. The van der Waals surface area contributed by atoms with E-state index < -0.39 is 0 Å². The Balaban J connectivity index is 2.81. The van der Waals surface area contributed by atoms with E-state index in [1.165, 1.54) is 6.07 Å². The number of hydrogen-bond acceptors (Lipinski definition) is 2. The summed E-state index contributed by atoms with van der Waals surface area (Å²) in [5.41, 5.74) is 0.787. The SMILES string of the molecule is O=CCn1ccc(=O)c2ccccc21.